The molecular weight excluding hydrogens is 260 g/mol. The molecule has 0 aliphatic rings. The molecule has 0 saturated heterocycles. The molecular formula is C17H32N4. The van der Waals surface area contributed by atoms with E-state index >= 15 is 0 Å². The monoisotopic (exact) mass is 292 g/mol. The highest BCUT2D eigenvalue weighted by Crippen LogP contribution is 2.26. The van der Waals surface area contributed by atoms with Crippen molar-refractivity contribution in [3.8, 4) is 0 Å². The molecule has 0 saturated carbocycles. The minimum absolute atomic E-state index is 0.290. The van der Waals surface area contributed by atoms with Crippen LogP contribution in [0.3, 0.4) is 0 Å². The quantitative estimate of drug-likeness (QED) is 0.662. The van der Waals surface area contributed by atoms with E-state index in [1.807, 2.05) is 7.05 Å². The van der Waals surface area contributed by atoms with Crippen LogP contribution in [-0.2, 0) is 6.42 Å². The van der Waals surface area contributed by atoms with Gasteiger partial charge in [-0.2, -0.15) is 0 Å². The molecule has 4 nitrogen and oxygen atoms in total. The number of aryl methyl sites for hydroxylation is 1. The molecule has 0 radical (unpaired) electrons. The van der Waals surface area contributed by atoms with Gasteiger partial charge in [0.25, 0.3) is 0 Å². The Morgan fingerprint density at radius 2 is 1.71 bits per heavy atom. The van der Waals surface area contributed by atoms with Gasteiger partial charge < -0.3 is 10.6 Å². The summed E-state index contributed by atoms with van der Waals surface area (Å²) in [5.74, 6) is 2.78. The summed E-state index contributed by atoms with van der Waals surface area (Å²) in [6.07, 6.45) is 6.00. The van der Waals surface area contributed by atoms with Gasteiger partial charge in [0.15, 0.2) is 0 Å². The van der Waals surface area contributed by atoms with Gasteiger partial charge in [-0.25, -0.2) is 9.97 Å². The molecule has 21 heavy (non-hydrogen) atoms. The van der Waals surface area contributed by atoms with E-state index in [1.54, 1.807) is 0 Å². The van der Waals surface area contributed by atoms with Crippen LogP contribution in [0.25, 0.3) is 0 Å². The number of rotatable bonds is 9. The fourth-order valence-corrected chi connectivity index (χ4v) is 2.40. The molecule has 1 heterocycles. The lowest BCUT2D eigenvalue weighted by Crippen LogP contribution is -2.24. The Kier molecular flexibility index (Phi) is 6.93. The molecule has 0 bridgehead atoms. The van der Waals surface area contributed by atoms with Crippen molar-refractivity contribution in [2.24, 2.45) is 5.41 Å². The van der Waals surface area contributed by atoms with Crippen LogP contribution in [0.1, 0.15) is 64.8 Å². The standard InChI is InChI=1S/C17H32N4/c1-7-9-10-11-17(4,5)12-19-16-13(3)15(18-6)20-14(8-2)21-16/h7-12H2,1-6H3,(H2,18,19,20,21). The first-order valence-corrected chi connectivity index (χ1v) is 8.22. The van der Waals surface area contributed by atoms with E-state index in [4.69, 9.17) is 0 Å². The fraction of sp³-hybridized carbons (Fsp3) is 0.765. The number of nitrogens with zero attached hydrogens (tertiary/aromatic N) is 2. The molecule has 0 unspecified atom stereocenters. The van der Waals surface area contributed by atoms with Crippen LogP contribution in [0.2, 0.25) is 0 Å². The van der Waals surface area contributed by atoms with Gasteiger partial charge in [0.2, 0.25) is 0 Å². The number of unbranched alkanes of at least 4 members (excludes halogenated alkanes) is 2. The maximum Gasteiger partial charge on any atom is 0.134 e. The Balaban J connectivity index is 2.73. The summed E-state index contributed by atoms with van der Waals surface area (Å²) >= 11 is 0. The first-order chi connectivity index (χ1) is 9.93. The van der Waals surface area contributed by atoms with Crippen LogP contribution in [0, 0.1) is 12.3 Å². The third-order valence-electron chi connectivity index (χ3n) is 3.94. The highest BCUT2D eigenvalue weighted by Gasteiger charge is 2.18. The van der Waals surface area contributed by atoms with Gasteiger partial charge >= 0.3 is 0 Å². The summed E-state index contributed by atoms with van der Waals surface area (Å²) in [7, 11) is 1.91. The van der Waals surface area contributed by atoms with Crippen LogP contribution in [0.15, 0.2) is 0 Å². The van der Waals surface area contributed by atoms with E-state index in [0.717, 1.165) is 36.0 Å². The summed E-state index contributed by atoms with van der Waals surface area (Å²) in [6, 6.07) is 0. The molecule has 0 aromatic carbocycles. The first kappa shape index (κ1) is 17.7. The van der Waals surface area contributed by atoms with Crippen LogP contribution in [-0.4, -0.2) is 23.6 Å². The molecule has 0 aliphatic carbocycles. The van der Waals surface area contributed by atoms with Gasteiger partial charge in [-0.3, -0.25) is 0 Å². The van der Waals surface area contributed by atoms with E-state index in [-0.39, 0.29) is 0 Å². The topological polar surface area (TPSA) is 49.8 Å². The third-order valence-corrected chi connectivity index (χ3v) is 3.94. The summed E-state index contributed by atoms with van der Waals surface area (Å²) in [5.41, 5.74) is 1.39. The largest absolute Gasteiger partial charge is 0.373 e. The lowest BCUT2D eigenvalue weighted by atomic mass is 9.87. The fourth-order valence-electron chi connectivity index (χ4n) is 2.40. The van der Waals surface area contributed by atoms with Gasteiger partial charge in [-0.15, -0.1) is 0 Å². The lowest BCUT2D eigenvalue weighted by molar-refractivity contribution is 0.342. The minimum atomic E-state index is 0.290. The molecule has 0 aliphatic heterocycles. The van der Waals surface area contributed by atoms with Gasteiger partial charge in [0.1, 0.15) is 17.5 Å². The second kappa shape index (κ2) is 8.20. The summed E-state index contributed by atoms with van der Waals surface area (Å²) in [4.78, 5) is 9.15. The SMILES string of the molecule is CCCCCC(C)(C)CNc1nc(CC)nc(NC)c1C. The molecule has 2 N–H and O–H groups in total. The van der Waals surface area contributed by atoms with Crippen molar-refractivity contribution < 1.29 is 0 Å². The van der Waals surface area contributed by atoms with Crippen molar-refractivity contribution in [1.82, 2.24) is 9.97 Å². The van der Waals surface area contributed by atoms with Gasteiger partial charge in [0, 0.05) is 25.6 Å². The van der Waals surface area contributed by atoms with Gasteiger partial charge in [-0.1, -0.05) is 47.0 Å². The Labute approximate surface area is 130 Å². The van der Waals surface area contributed by atoms with Crippen LogP contribution in [0.4, 0.5) is 11.6 Å². The predicted octanol–water partition coefficient (Wildman–Crippen LogP) is 4.41. The molecule has 120 valence electrons. The maximum absolute atomic E-state index is 4.64. The molecule has 1 rings (SSSR count). The third kappa shape index (κ3) is 5.52. The Morgan fingerprint density at radius 3 is 2.29 bits per heavy atom. The summed E-state index contributed by atoms with van der Waals surface area (Å²) in [6.45, 7) is 12.0. The number of nitrogens with one attached hydrogen (secondary N) is 2. The summed E-state index contributed by atoms with van der Waals surface area (Å²) in [5, 5.41) is 6.70. The molecule has 0 amide bonds. The van der Waals surface area contributed by atoms with Crippen molar-refractivity contribution in [3.63, 3.8) is 0 Å². The van der Waals surface area contributed by atoms with Crippen molar-refractivity contribution in [2.45, 2.75) is 66.7 Å². The second-order valence-corrected chi connectivity index (χ2v) is 6.54. The van der Waals surface area contributed by atoms with Gasteiger partial charge in [-0.05, 0) is 18.8 Å². The second-order valence-electron chi connectivity index (χ2n) is 6.54. The number of aromatic nitrogens is 2. The van der Waals surface area contributed by atoms with E-state index in [2.05, 4.69) is 55.2 Å². The smallest absolute Gasteiger partial charge is 0.134 e. The van der Waals surface area contributed by atoms with Crippen molar-refractivity contribution >= 4 is 11.6 Å². The van der Waals surface area contributed by atoms with Crippen molar-refractivity contribution in [1.29, 1.82) is 0 Å². The molecule has 4 heteroatoms. The lowest BCUT2D eigenvalue weighted by Gasteiger charge is -2.26. The Morgan fingerprint density at radius 1 is 1.05 bits per heavy atom. The zero-order valence-corrected chi connectivity index (χ0v) is 14.6. The normalized spacial score (nSPS) is 11.5. The summed E-state index contributed by atoms with van der Waals surface area (Å²) < 4.78 is 0. The zero-order valence-electron chi connectivity index (χ0n) is 14.6. The van der Waals surface area contributed by atoms with E-state index < -0.39 is 0 Å². The highest BCUT2D eigenvalue weighted by molar-refractivity contribution is 5.57. The number of hydrogen-bond donors (Lipinski definition) is 2. The number of anilines is 2. The number of hydrogen-bond acceptors (Lipinski definition) is 4. The molecule has 1 aromatic rings. The zero-order chi connectivity index (χ0) is 15.9. The molecule has 0 fully saturated rings. The Bertz CT molecular complexity index is 441. The van der Waals surface area contributed by atoms with E-state index in [9.17, 15) is 0 Å². The van der Waals surface area contributed by atoms with E-state index in [0.29, 0.717) is 5.41 Å². The van der Waals surface area contributed by atoms with Crippen LogP contribution in [0.5, 0.6) is 0 Å². The van der Waals surface area contributed by atoms with Crippen molar-refractivity contribution in [2.75, 3.05) is 24.2 Å². The average molecular weight is 292 g/mol. The van der Waals surface area contributed by atoms with Gasteiger partial charge in [0.05, 0.1) is 0 Å². The molecule has 1 aromatic heterocycles. The van der Waals surface area contributed by atoms with Crippen LogP contribution < -0.4 is 10.6 Å². The first-order valence-electron chi connectivity index (χ1n) is 8.22. The minimum Gasteiger partial charge on any atom is -0.373 e. The molecule has 0 atom stereocenters. The maximum atomic E-state index is 4.64. The molecule has 0 spiro atoms. The van der Waals surface area contributed by atoms with Crippen molar-refractivity contribution in [3.05, 3.63) is 11.4 Å². The average Bonchev–Trinajstić information content (AvgIpc) is 2.46. The van der Waals surface area contributed by atoms with Crippen LogP contribution >= 0.6 is 0 Å². The predicted molar refractivity (Wildman–Crippen MR) is 92.1 cm³/mol. The highest BCUT2D eigenvalue weighted by atomic mass is 15.1. The Hall–Kier alpha value is -1.32. The van der Waals surface area contributed by atoms with E-state index in [1.165, 1.54) is 25.7 Å².